The average molecular weight is 356 g/mol. The smallest absolute Gasteiger partial charge is 0.265 e. The lowest BCUT2D eigenvalue weighted by Crippen LogP contribution is -2.23. The van der Waals surface area contributed by atoms with E-state index in [4.69, 9.17) is 16.4 Å². The zero-order valence-corrected chi connectivity index (χ0v) is 13.2. The zero-order valence-electron chi connectivity index (χ0n) is 11.7. The normalized spacial score (nSPS) is 18.0. The van der Waals surface area contributed by atoms with Gasteiger partial charge in [0.2, 0.25) is 0 Å². The number of hydrogen-bond donors (Lipinski definition) is 1. The fourth-order valence-corrected chi connectivity index (χ4v) is 3.58. The van der Waals surface area contributed by atoms with Crippen LogP contribution in [0.15, 0.2) is 29.3 Å². The topological polar surface area (TPSA) is 55.4 Å². The first kappa shape index (κ1) is 17.1. The summed E-state index contributed by atoms with van der Waals surface area (Å²) in [5.74, 6) is -0.833. The third kappa shape index (κ3) is 3.74. The summed E-state index contributed by atoms with van der Waals surface area (Å²) in [6.07, 6.45) is -3.36. The molecule has 0 bridgehead atoms. The van der Waals surface area contributed by atoms with Crippen LogP contribution in [-0.2, 0) is 26.6 Å². The van der Waals surface area contributed by atoms with Crippen LogP contribution in [0.1, 0.15) is 25.0 Å². The van der Waals surface area contributed by atoms with E-state index in [1.165, 1.54) is 6.08 Å². The van der Waals surface area contributed by atoms with Gasteiger partial charge >= 0.3 is 6.18 Å². The van der Waals surface area contributed by atoms with Crippen LogP contribution in [0.3, 0.4) is 0 Å². The highest BCUT2D eigenvalue weighted by Crippen LogP contribution is 2.35. The molecule has 1 aromatic rings. The monoisotopic (exact) mass is 355 g/mol. The molecule has 1 aliphatic rings. The number of benzene rings is 1. The molecule has 1 aromatic carbocycles. The zero-order chi connectivity index (χ0) is 16.8. The molecule has 122 valence electrons. The summed E-state index contributed by atoms with van der Waals surface area (Å²) in [5.41, 5.74) is -0.0567. The van der Waals surface area contributed by atoms with Crippen molar-refractivity contribution in [3.05, 3.63) is 45.5 Å². The van der Waals surface area contributed by atoms with Crippen LogP contribution in [0.4, 0.5) is 13.2 Å². The number of halogens is 4. The number of hydrogen-bond acceptors (Lipinski definition) is 4. The molecule has 22 heavy (non-hydrogen) atoms. The SMILES string of the molecule is CC1(C)C=C(S(=O)(=O)Cc2cc(Cl)ccc2C(F)(F)F)NO1. The molecule has 1 heterocycles. The van der Waals surface area contributed by atoms with Crippen LogP contribution in [0.2, 0.25) is 5.02 Å². The second-order valence-corrected chi connectivity index (χ2v) is 7.77. The quantitative estimate of drug-likeness (QED) is 0.902. The molecular formula is C13H13ClF3NO3S. The van der Waals surface area contributed by atoms with Crippen molar-refractivity contribution < 1.29 is 26.4 Å². The standard InChI is InChI=1S/C13H13ClF3NO3S/c1-12(2)6-11(18-21-12)22(19,20)7-8-5-9(14)3-4-10(8)13(15,16)17/h3-6,18H,7H2,1-2H3. The van der Waals surface area contributed by atoms with Gasteiger partial charge < -0.3 is 0 Å². The Balaban J connectivity index is 2.41. The Morgan fingerprint density at radius 3 is 2.45 bits per heavy atom. The summed E-state index contributed by atoms with van der Waals surface area (Å²) in [6, 6.07) is 2.84. The Labute approximate surface area is 130 Å². The number of rotatable bonds is 3. The van der Waals surface area contributed by atoms with E-state index in [2.05, 4.69) is 5.48 Å². The Kier molecular flexibility index (Phi) is 4.23. The maximum absolute atomic E-state index is 13.0. The van der Waals surface area contributed by atoms with E-state index in [0.29, 0.717) is 0 Å². The number of nitrogens with one attached hydrogen (secondary N) is 1. The van der Waals surface area contributed by atoms with Gasteiger partial charge in [-0.15, -0.1) is 0 Å². The van der Waals surface area contributed by atoms with Crippen LogP contribution in [-0.4, -0.2) is 14.0 Å². The van der Waals surface area contributed by atoms with Crippen LogP contribution in [0, 0.1) is 0 Å². The summed E-state index contributed by atoms with van der Waals surface area (Å²) in [4.78, 5) is 5.03. The van der Waals surface area contributed by atoms with Crippen molar-refractivity contribution in [2.45, 2.75) is 31.4 Å². The molecule has 0 atom stereocenters. The van der Waals surface area contributed by atoms with Gasteiger partial charge in [0, 0.05) is 5.02 Å². The molecule has 0 saturated carbocycles. The van der Waals surface area contributed by atoms with Gasteiger partial charge in [0.05, 0.1) is 11.3 Å². The molecule has 0 unspecified atom stereocenters. The predicted octanol–water partition coefficient (Wildman–Crippen LogP) is 3.43. The van der Waals surface area contributed by atoms with Gasteiger partial charge in [-0.3, -0.25) is 10.3 Å². The summed E-state index contributed by atoms with van der Waals surface area (Å²) >= 11 is 5.68. The maximum Gasteiger partial charge on any atom is 0.416 e. The van der Waals surface area contributed by atoms with E-state index < -0.39 is 38.5 Å². The van der Waals surface area contributed by atoms with E-state index in [-0.39, 0.29) is 10.1 Å². The second-order valence-electron chi connectivity index (χ2n) is 5.37. The minimum absolute atomic E-state index is 0.0307. The van der Waals surface area contributed by atoms with Gasteiger partial charge in [-0.25, -0.2) is 8.42 Å². The molecule has 0 aromatic heterocycles. The van der Waals surface area contributed by atoms with Crippen LogP contribution >= 0.6 is 11.6 Å². The Morgan fingerprint density at radius 1 is 1.32 bits per heavy atom. The Bertz CT molecular complexity index is 727. The summed E-state index contributed by atoms with van der Waals surface area (Å²) in [5, 5.41) is -0.228. The molecule has 9 heteroatoms. The molecule has 0 saturated heterocycles. The van der Waals surface area contributed by atoms with Crippen molar-refractivity contribution >= 4 is 21.4 Å². The average Bonchev–Trinajstić information content (AvgIpc) is 2.68. The maximum atomic E-state index is 13.0. The van der Waals surface area contributed by atoms with E-state index in [1.54, 1.807) is 13.8 Å². The number of alkyl halides is 3. The van der Waals surface area contributed by atoms with E-state index >= 15 is 0 Å². The lowest BCUT2D eigenvalue weighted by Gasteiger charge is -2.14. The Morgan fingerprint density at radius 2 is 1.95 bits per heavy atom. The predicted molar refractivity (Wildman–Crippen MR) is 75.5 cm³/mol. The van der Waals surface area contributed by atoms with Crippen LogP contribution < -0.4 is 5.48 Å². The molecule has 1 aliphatic heterocycles. The highest BCUT2D eigenvalue weighted by Gasteiger charge is 2.36. The highest BCUT2D eigenvalue weighted by molar-refractivity contribution is 7.94. The lowest BCUT2D eigenvalue weighted by molar-refractivity contribution is -0.138. The van der Waals surface area contributed by atoms with Gasteiger partial charge in [0.25, 0.3) is 0 Å². The first-order valence-electron chi connectivity index (χ1n) is 6.16. The van der Waals surface area contributed by atoms with E-state index in [1.807, 2.05) is 0 Å². The third-order valence-electron chi connectivity index (χ3n) is 2.95. The highest BCUT2D eigenvalue weighted by atomic mass is 35.5. The van der Waals surface area contributed by atoms with Gasteiger partial charge in [-0.05, 0) is 43.7 Å². The summed E-state index contributed by atoms with van der Waals surface area (Å²) in [7, 11) is -4.02. The van der Waals surface area contributed by atoms with Crippen molar-refractivity contribution in [1.29, 1.82) is 0 Å². The molecule has 0 fully saturated rings. The van der Waals surface area contributed by atoms with Crippen molar-refractivity contribution in [2.24, 2.45) is 0 Å². The number of hydroxylamine groups is 1. The van der Waals surface area contributed by atoms with Crippen LogP contribution in [0.5, 0.6) is 0 Å². The lowest BCUT2D eigenvalue weighted by atomic mass is 10.1. The third-order valence-corrected chi connectivity index (χ3v) is 4.74. The molecular weight excluding hydrogens is 343 g/mol. The molecule has 0 spiro atoms. The molecule has 0 amide bonds. The number of sulfone groups is 1. The molecule has 1 N–H and O–H groups in total. The van der Waals surface area contributed by atoms with Crippen molar-refractivity contribution in [3.63, 3.8) is 0 Å². The van der Waals surface area contributed by atoms with Gasteiger partial charge in [0.1, 0.15) is 5.60 Å². The van der Waals surface area contributed by atoms with Crippen molar-refractivity contribution in [3.8, 4) is 0 Å². The summed E-state index contributed by atoms with van der Waals surface area (Å²) in [6.45, 7) is 3.23. The molecule has 0 radical (unpaired) electrons. The minimum atomic E-state index is -4.66. The fourth-order valence-electron chi connectivity index (χ4n) is 1.95. The largest absolute Gasteiger partial charge is 0.416 e. The summed E-state index contributed by atoms with van der Waals surface area (Å²) < 4.78 is 63.4. The Hall–Kier alpha value is -1.25. The van der Waals surface area contributed by atoms with E-state index in [9.17, 15) is 21.6 Å². The second kappa shape index (κ2) is 5.43. The van der Waals surface area contributed by atoms with Crippen molar-refractivity contribution in [2.75, 3.05) is 0 Å². The fraction of sp³-hybridized carbons (Fsp3) is 0.385. The molecule has 2 rings (SSSR count). The molecule has 0 aliphatic carbocycles. The molecule has 4 nitrogen and oxygen atoms in total. The minimum Gasteiger partial charge on any atom is -0.265 e. The van der Waals surface area contributed by atoms with Gasteiger partial charge in [0.15, 0.2) is 14.9 Å². The van der Waals surface area contributed by atoms with E-state index in [0.717, 1.165) is 18.2 Å². The first-order valence-corrected chi connectivity index (χ1v) is 8.19. The van der Waals surface area contributed by atoms with Gasteiger partial charge in [-0.2, -0.15) is 13.2 Å². The first-order chi connectivity index (χ1) is 9.91. The van der Waals surface area contributed by atoms with Crippen molar-refractivity contribution in [1.82, 2.24) is 5.48 Å². The van der Waals surface area contributed by atoms with Crippen LogP contribution in [0.25, 0.3) is 0 Å². The van der Waals surface area contributed by atoms with Gasteiger partial charge in [-0.1, -0.05) is 11.6 Å².